The number of aliphatic hydroxyl groups excluding tert-OH is 1. The number of fused-ring (bicyclic) bond motifs is 1. The molecule has 3 aliphatic heterocycles. The molecule has 37 heavy (non-hydrogen) atoms. The Morgan fingerprint density at radius 3 is 2.27 bits per heavy atom. The average molecular weight is 526 g/mol. The second-order valence-corrected chi connectivity index (χ2v) is 11.1. The van der Waals surface area contributed by atoms with Crippen LogP contribution in [0.4, 0.5) is 11.4 Å². The van der Waals surface area contributed by atoms with Crippen LogP contribution in [0.25, 0.3) is 0 Å². The van der Waals surface area contributed by atoms with Gasteiger partial charge in [0.1, 0.15) is 17.5 Å². The molecule has 3 saturated heterocycles. The van der Waals surface area contributed by atoms with Crippen LogP contribution in [0.5, 0.6) is 11.5 Å². The third-order valence-corrected chi connectivity index (χ3v) is 9.43. The Kier molecular flexibility index (Phi) is 7.04. The van der Waals surface area contributed by atoms with Crippen molar-refractivity contribution in [2.75, 3.05) is 37.5 Å². The van der Waals surface area contributed by atoms with Gasteiger partial charge in [0.2, 0.25) is 17.7 Å². The molecule has 0 aliphatic carbocycles. The molecular weight excluding hydrogens is 494 g/mol. The van der Waals surface area contributed by atoms with Crippen molar-refractivity contribution >= 4 is 40.9 Å². The Morgan fingerprint density at radius 2 is 1.68 bits per heavy atom. The first kappa shape index (κ1) is 25.4. The van der Waals surface area contributed by atoms with Gasteiger partial charge in [-0.05, 0) is 68.3 Å². The van der Waals surface area contributed by atoms with Crippen molar-refractivity contribution in [3.05, 3.63) is 48.5 Å². The number of nitrogens with one attached hydrogen (secondary N) is 2. The maximum Gasteiger partial charge on any atom is 0.248 e. The molecule has 0 aromatic heterocycles. The number of amides is 3. The van der Waals surface area contributed by atoms with E-state index in [1.165, 1.54) is 4.90 Å². The minimum Gasteiger partial charge on any atom is -0.497 e. The maximum atomic E-state index is 13.7. The molecule has 2 bridgehead atoms. The summed E-state index contributed by atoms with van der Waals surface area (Å²) in [6.07, 6.45) is 1.41. The van der Waals surface area contributed by atoms with Crippen molar-refractivity contribution in [1.29, 1.82) is 0 Å². The third-order valence-electron chi connectivity index (χ3n) is 7.48. The fraction of sp³-hybridized carbons (Fsp3) is 0.444. The number of thioether (sulfide) groups is 1. The van der Waals surface area contributed by atoms with Gasteiger partial charge in [-0.25, -0.2) is 0 Å². The summed E-state index contributed by atoms with van der Waals surface area (Å²) in [5, 5.41) is 15.6. The van der Waals surface area contributed by atoms with Gasteiger partial charge in [-0.2, -0.15) is 0 Å². The predicted octanol–water partition coefficient (Wildman–Crippen LogP) is 2.75. The molecule has 3 N–H and O–H groups in total. The number of aliphatic hydroxyl groups is 1. The number of carbonyl (C=O) groups excluding carboxylic acids is 3. The van der Waals surface area contributed by atoms with Crippen LogP contribution >= 0.6 is 11.8 Å². The Balaban J connectivity index is 1.39. The summed E-state index contributed by atoms with van der Waals surface area (Å²) in [7, 11) is 1.57. The lowest BCUT2D eigenvalue weighted by Crippen LogP contribution is -2.52. The zero-order valence-electron chi connectivity index (χ0n) is 20.8. The summed E-state index contributed by atoms with van der Waals surface area (Å²) in [5.74, 6) is -0.579. The molecule has 0 saturated carbocycles. The number of hydrogen-bond acceptors (Lipinski definition) is 7. The second kappa shape index (κ2) is 10.3. The highest BCUT2D eigenvalue weighted by molar-refractivity contribution is 8.02. The highest BCUT2D eigenvalue weighted by Crippen LogP contribution is 2.66. The first-order valence-electron chi connectivity index (χ1n) is 12.5. The number of nitrogens with zero attached hydrogens (tertiary/aromatic N) is 1. The van der Waals surface area contributed by atoms with E-state index in [1.807, 2.05) is 6.92 Å². The van der Waals surface area contributed by atoms with E-state index in [2.05, 4.69) is 10.6 Å². The summed E-state index contributed by atoms with van der Waals surface area (Å²) in [6.45, 7) is 2.23. The number of rotatable bonds is 9. The first-order valence-corrected chi connectivity index (χ1v) is 13.4. The maximum absolute atomic E-state index is 13.7. The Labute approximate surface area is 219 Å². The highest BCUT2D eigenvalue weighted by atomic mass is 32.2. The number of hydrogen-bond donors (Lipinski definition) is 3. The third kappa shape index (κ3) is 4.42. The van der Waals surface area contributed by atoms with Crippen molar-refractivity contribution in [1.82, 2.24) is 4.90 Å². The molecule has 0 radical (unpaired) electrons. The van der Waals surface area contributed by atoms with Crippen molar-refractivity contribution in [2.24, 2.45) is 11.8 Å². The van der Waals surface area contributed by atoms with E-state index in [-0.39, 0.29) is 36.1 Å². The van der Waals surface area contributed by atoms with Gasteiger partial charge < -0.3 is 30.1 Å². The Bertz CT molecular complexity index is 1170. The summed E-state index contributed by atoms with van der Waals surface area (Å²) in [4.78, 5) is 42.3. The molecular formula is C27H31N3O6S. The van der Waals surface area contributed by atoms with Crippen LogP contribution in [-0.2, 0) is 14.4 Å². The smallest absolute Gasteiger partial charge is 0.248 e. The molecule has 3 amide bonds. The summed E-state index contributed by atoms with van der Waals surface area (Å²) in [5.41, 5.74) is 1.21. The molecule has 10 heteroatoms. The number of likely N-dealkylation sites (tertiary alicyclic amines) is 1. The van der Waals surface area contributed by atoms with Gasteiger partial charge in [0.15, 0.2) is 0 Å². The monoisotopic (exact) mass is 525 g/mol. The van der Waals surface area contributed by atoms with Crippen LogP contribution in [0.2, 0.25) is 0 Å². The number of β-amino-alcohol motifs (C(OH)–C–C–N with tert-alkyl or cyclic N) is 1. The lowest BCUT2D eigenvalue weighted by Gasteiger charge is -2.34. The quantitative estimate of drug-likeness (QED) is 0.461. The fourth-order valence-electron chi connectivity index (χ4n) is 6.01. The summed E-state index contributed by atoms with van der Waals surface area (Å²) in [6, 6.07) is 13.3. The molecule has 5 atom stereocenters. The first-order chi connectivity index (χ1) is 17.9. The molecule has 5 rings (SSSR count). The van der Waals surface area contributed by atoms with Gasteiger partial charge in [0.05, 0.1) is 36.9 Å². The highest BCUT2D eigenvalue weighted by Gasteiger charge is 2.73. The molecule has 3 fully saturated rings. The molecule has 2 aromatic carbocycles. The van der Waals surface area contributed by atoms with Gasteiger partial charge >= 0.3 is 0 Å². The average Bonchev–Trinajstić information content (AvgIpc) is 3.54. The molecule has 3 heterocycles. The van der Waals surface area contributed by atoms with Gasteiger partial charge in [0, 0.05) is 23.2 Å². The van der Waals surface area contributed by atoms with Crippen molar-refractivity contribution < 1.29 is 29.0 Å². The second-order valence-electron chi connectivity index (χ2n) is 9.48. The molecule has 1 spiro atoms. The lowest BCUT2D eigenvalue weighted by molar-refractivity contribution is -0.138. The van der Waals surface area contributed by atoms with Gasteiger partial charge in [-0.1, -0.05) is 0 Å². The van der Waals surface area contributed by atoms with Crippen molar-refractivity contribution in [2.45, 2.75) is 35.8 Å². The van der Waals surface area contributed by atoms with E-state index < -0.39 is 22.6 Å². The molecule has 2 aromatic rings. The van der Waals surface area contributed by atoms with Crippen molar-refractivity contribution in [3.63, 3.8) is 0 Å². The lowest BCUT2D eigenvalue weighted by atomic mass is 9.70. The normalized spacial score (nSPS) is 27.6. The van der Waals surface area contributed by atoms with Crippen LogP contribution in [0, 0.1) is 11.8 Å². The number of ether oxygens (including phenoxy) is 2. The van der Waals surface area contributed by atoms with Gasteiger partial charge in [-0.3, -0.25) is 14.4 Å². The fourth-order valence-corrected chi connectivity index (χ4v) is 8.23. The van der Waals surface area contributed by atoms with Gasteiger partial charge in [-0.15, -0.1) is 11.8 Å². The standard InChI is InChI=1S/C27H31N3O6S/c1-3-36-19-10-6-16(7-11-19)28-24(32)21-20-12-13-27(37-20)22(21)26(34)30(14-15-31)23(27)25(33)29-17-4-8-18(35-2)9-5-17/h4-11,20-23,31H,3,12-15H2,1-2H3,(H,28,32)(H,29,33)/t20-,21+,22-,23?,27?/m0/s1. The van der Waals surface area contributed by atoms with Crippen LogP contribution in [0.1, 0.15) is 19.8 Å². The van der Waals surface area contributed by atoms with E-state index in [0.29, 0.717) is 35.9 Å². The minimum absolute atomic E-state index is 0.0379. The largest absolute Gasteiger partial charge is 0.497 e. The predicted molar refractivity (Wildman–Crippen MR) is 141 cm³/mol. The zero-order valence-corrected chi connectivity index (χ0v) is 21.6. The van der Waals surface area contributed by atoms with E-state index in [1.54, 1.807) is 67.4 Å². The minimum atomic E-state index is -0.780. The number of methoxy groups -OCH3 is 1. The molecule has 196 valence electrons. The number of carbonyl (C=O) groups is 3. The summed E-state index contributed by atoms with van der Waals surface area (Å²) < 4.78 is 9.94. The van der Waals surface area contributed by atoms with E-state index in [9.17, 15) is 19.5 Å². The van der Waals surface area contributed by atoms with E-state index in [4.69, 9.17) is 9.47 Å². The van der Waals surface area contributed by atoms with Crippen LogP contribution in [0.3, 0.4) is 0 Å². The molecule has 2 unspecified atom stereocenters. The zero-order chi connectivity index (χ0) is 26.2. The molecule has 9 nitrogen and oxygen atoms in total. The SMILES string of the molecule is CCOc1ccc(NC(=O)[C@@H]2[C@@H]3CCC4(S3)C(C(=O)Nc3ccc(OC)cc3)N(CCO)C(=O)[C@H]24)cc1. The van der Waals surface area contributed by atoms with E-state index in [0.717, 1.165) is 6.42 Å². The summed E-state index contributed by atoms with van der Waals surface area (Å²) >= 11 is 1.59. The molecule has 3 aliphatic rings. The van der Waals surface area contributed by atoms with Crippen LogP contribution < -0.4 is 20.1 Å². The van der Waals surface area contributed by atoms with Crippen LogP contribution in [-0.4, -0.2) is 70.6 Å². The topological polar surface area (TPSA) is 117 Å². The van der Waals surface area contributed by atoms with Gasteiger partial charge in [0.25, 0.3) is 0 Å². The Hall–Kier alpha value is -3.24. The Morgan fingerprint density at radius 1 is 1.05 bits per heavy atom. The number of anilines is 2. The van der Waals surface area contributed by atoms with Crippen molar-refractivity contribution in [3.8, 4) is 11.5 Å². The number of benzene rings is 2. The van der Waals surface area contributed by atoms with E-state index >= 15 is 0 Å². The van der Waals surface area contributed by atoms with Crippen LogP contribution in [0.15, 0.2) is 48.5 Å².